The fourth-order valence-corrected chi connectivity index (χ4v) is 3.32. The Morgan fingerprint density at radius 1 is 1.24 bits per heavy atom. The maximum absolute atomic E-state index is 4.79. The van der Waals surface area contributed by atoms with E-state index >= 15 is 0 Å². The van der Waals surface area contributed by atoms with Gasteiger partial charge in [0.2, 0.25) is 0 Å². The summed E-state index contributed by atoms with van der Waals surface area (Å²) < 4.78 is 2.02. The molecular formula is C18H27N3. The molecule has 0 bridgehead atoms. The number of para-hydroxylation sites is 1. The normalized spacial score (nSPS) is 17.9. The Morgan fingerprint density at radius 2 is 1.95 bits per heavy atom. The van der Waals surface area contributed by atoms with Crippen LogP contribution in [0.4, 0.5) is 0 Å². The summed E-state index contributed by atoms with van der Waals surface area (Å²) in [5.41, 5.74) is 3.10. The van der Waals surface area contributed by atoms with Crippen molar-refractivity contribution < 1.29 is 0 Å². The maximum Gasteiger partial charge on any atom is 0.0709 e. The van der Waals surface area contributed by atoms with E-state index in [1.54, 1.807) is 0 Å². The van der Waals surface area contributed by atoms with Gasteiger partial charge in [0.05, 0.1) is 11.2 Å². The van der Waals surface area contributed by atoms with E-state index in [0.717, 1.165) is 13.0 Å². The van der Waals surface area contributed by atoms with Crippen LogP contribution in [0.25, 0.3) is 10.9 Å². The number of aryl methyl sites for hydroxylation is 1. The summed E-state index contributed by atoms with van der Waals surface area (Å²) in [6, 6.07) is 8.58. The minimum absolute atomic E-state index is 0.189. The molecule has 0 radical (unpaired) electrons. The molecule has 1 fully saturated rings. The van der Waals surface area contributed by atoms with Crippen molar-refractivity contribution in [2.45, 2.75) is 52.0 Å². The lowest BCUT2D eigenvalue weighted by Gasteiger charge is -2.43. The van der Waals surface area contributed by atoms with Gasteiger partial charge < -0.3 is 5.32 Å². The molecule has 3 heteroatoms. The molecule has 21 heavy (non-hydrogen) atoms. The van der Waals surface area contributed by atoms with E-state index in [9.17, 15) is 0 Å². The molecule has 1 aromatic heterocycles. The van der Waals surface area contributed by atoms with Crippen molar-refractivity contribution in [1.82, 2.24) is 15.1 Å². The van der Waals surface area contributed by atoms with Crippen molar-refractivity contribution in [3.05, 3.63) is 30.0 Å². The van der Waals surface area contributed by atoms with E-state index in [4.69, 9.17) is 5.10 Å². The van der Waals surface area contributed by atoms with Gasteiger partial charge in [0, 0.05) is 24.5 Å². The standard InChI is InChI=1S/C18H27N3/c1-17(2,3)19-13-18(10-7-11-18)12-15-14-8-5-6-9-16(14)21(4)20-15/h5-6,8-9,19H,7,10-13H2,1-4H3. The van der Waals surface area contributed by atoms with Crippen LogP contribution in [0.1, 0.15) is 45.7 Å². The molecule has 3 rings (SSSR count). The van der Waals surface area contributed by atoms with Crippen molar-refractivity contribution in [2.75, 3.05) is 6.54 Å². The molecule has 114 valence electrons. The minimum atomic E-state index is 0.189. The first-order valence-corrected chi connectivity index (χ1v) is 8.04. The minimum Gasteiger partial charge on any atom is -0.312 e. The van der Waals surface area contributed by atoms with E-state index in [1.807, 2.05) is 11.7 Å². The monoisotopic (exact) mass is 285 g/mol. The Bertz CT molecular complexity index is 629. The first-order chi connectivity index (χ1) is 9.89. The lowest BCUT2D eigenvalue weighted by molar-refractivity contribution is 0.117. The predicted molar refractivity (Wildman–Crippen MR) is 88.5 cm³/mol. The Balaban J connectivity index is 1.83. The number of fused-ring (bicyclic) bond motifs is 1. The Hall–Kier alpha value is -1.35. The molecule has 1 aromatic carbocycles. The number of benzene rings is 1. The molecule has 0 amide bonds. The van der Waals surface area contributed by atoms with Crippen LogP contribution in [0, 0.1) is 5.41 Å². The van der Waals surface area contributed by atoms with Crippen LogP contribution >= 0.6 is 0 Å². The van der Waals surface area contributed by atoms with Gasteiger partial charge in [0.15, 0.2) is 0 Å². The second-order valence-electron chi connectivity index (χ2n) is 7.72. The van der Waals surface area contributed by atoms with Gasteiger partial charge in [0.1, 0.15) is 0 Å². The van der Waals surface area contributed by atoms with Crippen molar-refractivity contribution in [3.8, 4) is 0 Å². The third-order valence-corrected chi connectivity index (χ3v) is 4.78. The summed E-state index contributed by atoms with van der Waals surface area (Å²) in [4.78, 5) is 0. The van der Waals surface area contributed by atoms with E-state index in [-0.39, 0.29) is 5.54 Å². The fourth-order valence-electron chi connectivity index (χ4n) is 3.32. The van der Waals surface area contributed by atoms with Gasteiger partial charge in [-0.3, -0.25) is 4.68 Å². The summed E-state index contributed by atoms with van der Waals surface area (Å²) in [6.45, 7) is 7.84. The third kappa shape index (κ3) is 2.98. The predicted octanol–water partition coefficient (Wildman–Crippen LogP) is 3.67. The second kappa shape index (κ2) is 5.13. The summed E-state index contributed by atoms with van der Waals surface area (Å²) >= 11 is 0. The molecule has 0 unspecified atom stereocenters. The molecule has 0 atom stereocenters. The van der Waals surface area contributed by atoms with Crippen LogP contribution in [-0.4, -0.2) is 21.9 Å². The van der Waals surface area contributed by atoms with Crippen LogP contribution in [0.15, 0.2) is 24.3 Å². The van der Waals surface area contributed by atoms with Crippen LogP contribution in [0.3, 0.4) is 0 Å². The number of aromatic nitrogens is 2. The summed E-state index contributed by atoms with van der Waals surface area (Å²) in [7, 11) is 2.05. The molecule has 0 spiro atoms. The van der Waals surface area contributed by atoms with E-state index in [2.05, 4.69) is 50.4 Å². The number of nitrogens with zero attached hydrogens (tertiary/aromatic N) is 2. The molecule has 1 heterocycles. The van der Waals surface area contributed by atoms with Gasteiger partial charge in [-0.25, -0.2) is 0 Å². The molecule has 1 N–H and O–H groups in total. The zero-order chi connectivity index (χ0) is 15.1. The van der Waals surface area contributed by atoms with Gasteiger partial charge >= 0.3 is 0 Å². The molecule has 1 saturated carbocycles. The summed E-state index contributed by atoms with van der Waals surface area (Å²) in [6.07, 6.45) is 5.09. The molecule has 1 aliphatic carbocycles. The van der Waals surface area contributed by atoms with Gasteiger partial charge in [0.25, 0.3) is 0 Å². The zero-order valence-corrected chi connectivity index (χ0v) is 13.7. The zero-order valence-electron chi connectivity index (χ0n) is 13.7. The van der Waals surface area contributed by atoms with Crippen molar-refractivity contribution >= 4 is 10.9 Å². The number of rotatable bonds is 4. The Labute approximate surface area is 127 Å². The van der Waals surface area contributed by atoms with E-state index < -0.39 is 0 Å². The molecule has 0 saturated heterocycles. The largest absolute Gasteiger partial charge is 0.312 e. The first kappa shape index (κ1) is 14.6. The summed E-state index contributed by atoms with van der Waals surface area (Å²) in [5.74, 6) is 0. The quantitative estimate of drug-likeness (QED) is 0.929. The van der Waals surface area contributed by atoms with Gasteiger partial charge in [-0.05, 0) is 51.5 Å². The van der Waals surface area contributed by atoms with E-state index in [0.29, 0.717) is 5.41 Å². The molecule has 0 aliphatic heterocycles. The van der Waals surface area contributed by atoms with E-state index in [1.165, 1.54) is 35.9 Å². The van der Waals surface area contributed by atoms with Gasteiger partial charge in [-0.1, -0.05) is 24.6 Å². The first-order valence-electron chi connectivity index (χ1n) is 8.04. The second-order valence-corrected chi connectivity index (χ2v) is 7.72. The number of hydrogen-bond acceptors (Lipinski definition) is 2. The molecule has 1 aliphatic rings. The highest BCUT2D eigenvalue weighted by Crippen LogP contribution is 2.44. The average Bonchev–Trinajstić information content (AvgIpc) is 2.69. The lowest BCUT2D eigenvalue weighted by Crippen LogP contribution is -2.48. The van der Waals surface area contributed by atoms with Crippen LogP contribution < -0.4 is 5.32 Å². The molecule has 3 nitrogen and oxygen atoms in total. The van der Waals surface area contributed by atoms with Crippen LogP contribution in [0.2, 0.25) is 0 Å². The summed E-state index contributed by atoms with van der Waals surface area (Å²) in [5, 5.41) is 9.82. The molecular weight excluding hydrogens is 258 g/mol. The topological polar surface area (TPSA) is 29.9 Å². The van der Waals surface area contributed by atoms with Gasteiger partial charge in [-0.15, -0.1) is 0 Å². The van der Waals surface area contributed by atoms with Crippen LogP contribution in [-0.2, 0) is 13.5 Å². The van der Waals surface area contributed by atoms with Crippen molar-refractivity contribution in [1.29, 1.82) is 0 Å². The lowest BCUT2D eigenvalue weighted by atomic mass is 9.65. The average molecular weight is 285 g/mol. The molecule has 2 aromatic rings. The Kier molecular flexibility index (Phi) is 3.56. The fraction of sp³-hybridized carbons (Fsp3) is 0.611. The Morgan fingerprint density at radius 3 is 2.57 bits per heavy atom. The van der Waals surface area contributed by atoms with Crippen molar-refractivity contribution in [3.63, 3.8) is 0 Å². The van der Waals surface area contributed by atoms with Gasteiger partial charge in [-0.2, -0.15) is 5.10 Å². The SMILES string of the molecule is Cn1nc(CC2(CNC(C)(C)C)CCC2)c2ccccc21. The van der Waals surface area contributed by atoms with Crippen molar-refractivity contribution in [2.24, 2.45) is 12.5 Å². The number of nitrogens with one attached hydrogen (secondary N) is 1. The highest BCUT2D eigenvalue weighted by molar-refractivity contribution is 5.81. The third-order valence-electron chi connectivity index (χ3n) is 4.78. The highest BCUT2D eigenvalue weighted by atomic mass is 15.3. The smallest absolute Gasteiger partial charge is 0.0709 e. The maximum atomic E-state index is 4.79. The van der Waals surface area contributed by atoms with Crippen LogP contribution in [0.5, 0.6) is 0 Å². The number of hydrogen-bond donors (Lipinski definition) is 1. The highest BCUT2D eigenvalue weighted by Gasteiger charge is 2.38.